The van der Waals surface area contributed by atoms with E-state index in [0.29, 0.717) is 6.42 Å². The molecule has 1 aromatic carbocycles. The third-order valence-electron chi connectivity index (χ3n) is 1.91. The van der Waals surface area contributed by atoms with Crippen LogP contribution in [0.2, 0.25) is 0 Å². The molecule has 0 unspecified atom stereocenters. The molecular weight excluding hydrogens is 194 g/mol. The van der Waals surface area contributed by atoms with Gasteiger partial charge >= 0.3 is 0 Å². The van der Waals surface area contributed by atoms with Gasteiger partial charge in [-0.1, -0.05) is 30.3 Å². The Hall–Kier alpha value is -1.84. The van der Waals surface area contributed by atoms with Gasteiger partial charge in [-0.2, -0.15) is 0 Å². The van der Waals surface area contributed by atoms with E-state index in [1.807, 2.05) is 30.3 Å². The summed E-state index contributed by atoms with van der Waals surface area (Å²) in [6.07, 6.45) is 0.900. The van der Waals surface area contributed by atoms with Crippen molar-refractivity contribution >= 4 is 11.9 Å². The highest BCUT2D eigenvalue weighted by atomic mass is 16.4. The smallest absolute Gasteiger partial charge is 0.220 e. The van der Waals surface area contributed by atoms with Crippen LogP contribution >= 0.6 is 0 Å². The summed E-state index contributed by atoms with van der Waals surface area (Å²) in [6.45, 7) is -0.423. The normalized spacial score (nSPS) is 9.60. The van der Waals surface area contributed by atoms with Gasteiger partial charge in [0.25, 0.3) is 0 Å². The maximum absolute atomic E-state index is 11.1. The van der Waals surface area contributed by atoms with E-state index in [0.717, 1.165) is 5.56 Å². The number of amides is 1. The van der Waals surface area contributed by atoms with Crippen molar-refractivity contribution in [1.29, 1.82) is 0 Å². The Kier molecular flexibility index (Phi) is 4.34. The van der Waals surface area contributed by atoms with E-state index in [9.17, 15) is 14.7 Å². The second-order valence-electron chi connectivity index (χ2n) is 3.13. The SMILES string of the molecule is O=C([O-])CNC(=O)CCc1ccccc1. The van der Waals surface area contributed by atoms with Crippen molar-refractivity contribution in [1.82, 2.24) is 5.32 Å². The van der Waals surface area contributed by atoms with E-state index >= 15 is 0 Å². The third-order valence-corrected chi connectivity index (χ3v) is 1.91. The molecule has 0 fully saturated rings. The van der Waals surface area contributed by atoms with Crippen molar-refractivity contribution in [3.63, 3.8) is 0 Å². The molecule has 4 heteroatoms. The van der Waals surface area contributed by atoms with Crippen molar-refractivity contribution in [2.45, 2.75) is 12.8 Å². The lowest BCUT2D eigenvalue weighted by molar-refractivity contribution is -0.304. The number of carboxylic acids is 1. The van der Waals surface area contributed by atoms with Gasteiger partial charge in [0.2, 0.25) is 5.91 Å². The zero-order chi connectivity index (χ0) is 11.1. The van der Waals surface area contributed by atoms with Crippen LogP contribution in [0.25, 0.3) is 0 Å². The van der Waals surface area contributed by atoms with Gasteiger partial charge in [-0.05, 0) is 12.0 Å². The highest BCUT2D eigenvalue weighted by molar-refractivity contribution is 5.80. The third kappa shape index (κ3) is 4.81. The lowest BCUT2D eigenvalue weighted by Crippen LogP contribution is -2.37. The largest absolute Gasteiger partial charge is 0.548 e. The summed E-state index contributed by atoms with van der Waals surface area (Å²) in [7, 11) is 0. The second-order valence-corrected chi connectivity index (χ2v) is 3.13. The minimum absolute atomic E-state index is 0.275. The van der Waals surface area contributed by atoms with Crippen LogP contribution in [0.5, 0.6) is 0 Å². The molecule has 0 saturated carbocycles. The van der Waals surface area contributed by atoms with Crippen molar-refractivity contribution in [2.24, 2.45) is 0 Å². The molecule has 15 heavy (non-hydrogen) atoms. The van der Waals surface area contributed by atoms with Crippen LogP contribution in [0.15, 0.2) is 30.3 Å². The fraction of sp³-hybridized carbons (Fsp3) is 0.273. The number of rotatable bonds is 5. The summed E-state index contributed by atoms with van der Waals surface area (Å²) < 4.78 is 0. The minimum atomic E-state index is -1.27. The van der Waals surface area contributed by atoms with Crippen LogP contribution in [0, 0.1) is 0 Å². The summed E-state index contributed by atoms with van der Waals surface area (Å²) in [5.41, 5.74) is 1.06. The Morgan fingerprint density at radius 3 is 2.47 bits per heavy atom. The summed E-state index contributed by atoms with van der Waals surface area (Å²) in [5.74, 6) is -1.55. The first-order valence-electron chi connectivity index (χ1n) is 4.69. The quantitative estimate of drug-likeness (QED) is 0.705. The Bertz CT molecular complexity index is 335. The molecule has 0 spiro atoms. The Labute approximate surface area is 87.9 Å². The van der Waals surface area contributed by atoms with Gasteiger partial charge < -0.3 is 15.2 Å². The minimum Gasteiger partial charge on any atom is -0.548 e. The van der Waals surface area contributed by atoms with E-state index in [1.54, 1.807) is 0 Å². The molecule has 0 aliphatic heterocycles. The lowest BCUT2D eigenvalue weighted by Gasteiger charge is -2.05. The van der Waals surface area contributed by atoms with Crippen LogP contribution < -0.4 is 10.4 Å². The number of nitrogens with one attached hydrogen (secondary N) is 1. The number of aryl methyl sites for hydroxylation is 1. The summed E-state index contributed by atoms with van der Waals surface area (Å²) in [6, 6.07) is 9.54. The standard InChI is InChI=1S/C11H13NO3/c13-10(12-8-11(14)15)7-6-9-4-2-1-3-5-9/h1-5H,6-8H2,(H,12,13)(H,14,15)/p-1. The van der Waals surface area contributed by atoms with Crippen molar-refractivity contribution in [3.05, 3.63) is 35.9 Å². The maximum atomic E-state index is 11.1. The molecule has 0 saturated heterocycles. The fourth-order valence-electron chi connectivity index (χ4n) is 1.16. The molecule has 0 heterocycles. The topological polar surface area (TPSA) is 69.2 Å². The first kappa shape index (κ1) is 11.2. The fourth-order valence-corrected chi connectivity index (χ4v) is 1.16. The van der Waals surface area contributed by atoms with Crippen LogP contribution in [0.3, 0.4) is 0 Å². The average molecular weight is 206 g/mol. The number of carboxylic acid groups (broad SMARTS) is 1. The molecule has 0 aliphatic carbocycles. The highest BCUT2D eigenvalue weighted by Gasteiger charge is 2.00. The summed E-state index contributed by atoms with van der Waals surface area (Å²) >= 11 is 0. The summed E-state index contributed by atoms with van der Waals surface area (Å²) in [5, 5.41) is 12.3. The molecule has 1 aromatic rings. The van der Waals surface area contributed by atoms with Crippen LogP contribution in [0.4, 0.5) is 0 Å². The Balaban J connectivity index is 2.26. The Morgan fingerprint density at radius 2 is 1.87 bits per heavy atom. The number of benzene rings is 1. The monoisotopic (exact) mass is 206 g/mol. The van der Waals surface area contributed by atoms with E-state index in [-0.39, 0.29) is 12.3 Å². The molecule has 0 aliphatic rings. The van der Waals surface area contributed by atoms with E-state index < -0.39 is 12.5 Å². The molecule has 0 atom stereocenters. The number of carbonyl (C=O) groups excluding carboxylic acids is 2. The Morgan fingerprint density at radius 1 is 1.20 bits per heavy atom. The second kappa shape index (κ2) is 5.80. The van der Waals surface area contributed by atoms with Gasteiger partial charge in [0, 0.05) is 6.42 Å². The molecule has 4 nitrogen and oxygen atoms in total. The van der Waals surface area contributed by atoms with E-state index in [1.165, 1.54) is 0 Å². The van der Waals surface area contributed by atoms with Gasteiger partial charge in [-0.15, -0.1) is 0 Å². The lowest BCUT2D eigenvalue weighted by atomic mass is 10.1. The first-order valence-corrected chi connectivity index (χ1v) is 4.69. The first-order chi connectivity index (χ1) is 7.18. The van der Waals surface area contributed by atoms with Gasteiger partial charge in [-0.25, -0.2) is 0 Å². The molecule has 1 N–H and O–H groups in total. The van der Waals surface area contributed by atoms with E-state index in [4.69, 9.17) is 0 Å². The van der Waals surface area contributed by atoms with Gasteiger partial charge in [0.15, 0.2) is 0 Å². The van der Waals surface area contributed by atoms with Crippen LogP contribution in [-0.2, 0) is 16.0 Å². The van der Waals surface area contributed by atoms with Crippen LogP contribution in [0.1, 0.15) is 12.0 Å². The molecule has 1 amide bonds. The highest BCUT2D eigenvalue weighted by Crippen LogP contribution is 2.01. The molecule has 0 radical (unpaired) electrons. The zero-order valence-electron chi connectivity index (χ0n) is 8.23. The van der Waals surface area contributed by atoms with Crippen LogP contribution in [-0.4, -0.2) is 18.4 Å². The predicted octanol–water partition coefficient (Wildman–Crippen LogP) is -0.515. The van der Waals surface area contributed by atoms with Crippen molar-refractivity contribution in [2.75, 3.05) is 6.54 Å². The maximum Gasteiger partial charge on any atom is 0.220 e. The number of hydrogen-bond donors (Lipinski definition) is 1. The van der Waals surface area contributed by atoms with Crippen molar-refractivity contribution in [3.8, 4) is 0 Å². The number of carbonyl (C=O) groups is 2. The average Bonchev–Trinajstić information content (AvgIpc) is 2.25. The van der Waals surface area contributed by atoms with Gasteiger partial charge in [0.1, 0.15) is 0 Å². The molecule has 0 aromatic heterocycles. The number of hydrogen-bond acceptors (Lipinski definition) is 3. The molecule has 80 valence electrons. The van der Waals surface area contributed by atoms with Gasteiger partial charge in [-0.3, -0.25) is 4.79 Å². The molecular formula is C11H12NO3-. The van der Waals surface area contributed by atoms with Gasteiger partial charge in [0.05, 0.1) is 12.5 Å². The van der Waals surface area contributed by atoms with E-state index in [2.05, 4.69) is 5.32 Å². The number of aliphatic carboxylic acids is 1. The zero-order valence-corrected chi connectivity index (χ0v) is 8.23. The van der Waals surface area contributed by atoms with Crippen molar-refractivity contribution < 1.29 is 14.7 Å². The predicted molar refractivity (Wildman–Crippen MR) is 52.8 cm³/mol. The molecule has 0 bridgehead atoms. The molecule has 1 rings (SSSR count). The summed E-state index contributed by atoms with van der Waals surface area (Å²) in [4.78, 5) is 21.2.